The molecular formula is C16H11Br. The van der Waals surface area contributed by atoms with Gasteiger partial charge in [-0.15, -0.1) is 0 Å². The molecule has 0 atom stereocenters. The van der Waals surface area contributed by atoms with E-state index in [0.717, 1.165) is 4.47 Å². The first-order chi connectivity index (χ1) is 8.33. The second-order valence-electron chi connectivity index (χ2n) is 4.07. The van der Waals surface area contributed by atoms with Gasteiger partial charge in [-0.05, 0) is 40.5 Å². The summed E-state index contributed by atoms with van der Waals surface area (Å²) in [7, 11) is 0. The fourth-order valence-corrected chi connectivity index (χ4v) is 2.30. The fourth-order valence-electron chi connectivity index (χ4n) is 2.04. The van der Waals surface area contributed by atoms with Gasteiger partial charge in [0.15, 0.2) is 0 Å². The summed E-state index contributed by atoms with van der Waals surface area (Å²) in [6.07, 6.45) is 6.56. The fraction of sp³-hybridized carbons (Fsp3) is 0. The van der Waals surface area contributed by atoms with Gasteiger partial charge in [0, 0.05) is 4.47 Å². The Bertz CT molecular complexity index is 604. The standard InChI is InChI=1S/C16H11Br/c17-15-9-5-12(6-10-15)11-14-8-7-13-3-1-2-4-16(13)14/h1-11H/b14-11-. The van der Waals surface area contributed by atoms with Crippen LogP contribution in [0.4, 0.5) is 0 Å². The predicted octanol–water partition coefficient (Wildman–Crippen LogP) is 5.02. The lowest BCUT2D eigenvalue weighted by Crippen LogP contribution is -1.80. The number of hydrogen-bond donors (Lipinski definition) is 0. The molecule has 0 radical (unpaired) electrons. The summed E-state index contributed by atoms with van der Waals surface area (Å²) in [5.74, 6) is 0. The molecule has 0 amide bonds. The SMILES string of the molecule is Brc1ccc(/C=C2/C=Cc3ccccc32)cc1. The zero-order valence-electron chi connectivity index (χ0n) is 9.23. The van der Waals surface area contributed by atoms with Crippen molar-refractivity contribution in [2.45, 2.75) is 0 Å². The summed E-state index contributed by atoms with van der Waals surface area (Å²) in [6.45, 7) is 0. The van der Waals surface area contributed by atoms with E-state index in [1.807, 2.05) is 0 Å². The van der Waals surface area contributed by atoms with E-state index in [1.54, 1.807) is 0 Å². The number of halogens is 1. The Labute approximate surface area is 109 Å². The molecule has 0 spiro atoms. The van der Waals surface area contributed by atoms with E-state index in [4.69, 9.17) is 0 Å². The molecule has 0 bridgehead atoms. The van der Waals surface area contributed by atoms with Crippen molar-refractivity contribution in [1.29, 1.82) is 0 Å². The number of hydrogen-bond acceptors (Lipinski definition) is 0. The summed E-state index contributed by atoms with van der Waals surface area (Å²) in [5.41, 5.74) is 5.12. The smallest absolute Gasteiger partial charge is 0.0175 e. The van der Waals surface area contributed by atoms with Crippen LogP contribution in [0.15, 0.2) is 59.1 Å². The monoisotopic (exact) mass is 282 g/mol. The van der Waals surface area contributed by atoms with E-state index in [2.05, 4.69) is 82.7 Å². The summed E-state index contributed by atoms with van der Waals surface area (Å²) < 4.78 is 1.11. The van der Waals surface area contributed by atoms with Crippen LogP contribution in [0.1, 0.15) is 16.7 Å². The van der Waals surface area contributed by atoms with E-state index in [-0.39, 0.29) is 0 Å². The van der Waals surface area contributed by atoms with Crippen LogP contribution in [0.5, 0.6) is 0 Å². The van der Waals surface area contributed by atoms with Gasteiger partial charge in [-0.2, -0.15) is 0 Å². The summed E-state index contributed by atoms with van der Waals surface area (Å²) in [6, 6.07) is 16.8. The molecule has 0 fully saturated rings. The van der Waals surface area contributed by atoms with Gasteiger partial charge in [-0.1, -0.05) is 64.5 Å². The molecule has 0 nitrogen and oxygen atoms in total. The van der Waals surface area contributed by atoms with Gasteiger partial charge in [0.2, 0.25) is 0 Å². The molecule has 0 saturated heterocycles. The molecule has 0 N–H and O–H groups in total. The normalized spacial score (nSPS) is 15.2. The molecule has 0 saturated carbocycles. The van der Waals surface area contributed by atoms with Crippen molar-refractivity contribution in [3.8, 4) is 0 Å². The zero-order chi connectivity index (χ0) is 11.7. The third kappa shape index (κ3) is 2.11. The predicted molar refractivity (Wildman–Crippen MR) is 77.5 cm³/mol. The van der Waals surface area contributed by atoms with Crippen LogP contribution in [-0.4, -0.2) is 0 Å². The Morgan fingerprint density at radius 2 is 1.59 bits per heavy atom. The van der Waals surface area contributed by atoms with Crippen LogP contribution in [0.2, 0.25) is 0 Å². The maximum Gasteiger partial charge on any atom is 0.0175 e. The first kappa shape index (κ1) is 10.5. The average molecular weight is 283 g/mol. The van der Waals surface area contributed by atoms with Crippen molar-refractivity contribution >= 4 is 33.7 Å². The molecule has 1 heteroatoms. The van der Waals surface area contributed by atoms with E-state index in [1.165, 1.54) is 22.3 Å². The molecule has 0 aliphatic heterocycles. The quantitative estimate of drug-likeness (QED) is 0.689. The van der Waals surface area contributed by atoms with Crippen LogP contribution >= 0.6 is 15.9 Å². The zero-order valence-corrected chi connectivity index (χ0v) is 10.8. The summed E-state index contributed by atoms with van der Waals surface area (Å²) >= 11 is 3.45. The lowest BCUT2D eigenvalue weighted by molar-refractivity contribution is 1.60. The third-order valence-electron chi connectivity index (χ3n) is 2.91. The first-order valence-corrected chi connectivity index (χ1v) is 6.37. The maximum atomic E-state index is 3.45. The Balaban J connectivity index is 2.02. The van der Waals surface area contributed by atoms with Crippen LogP contribution in [0.25, 0.3) is 17.7 Å². The Morgan fingerprint density at radius 3 is 2.41 bits per heavy atom. The van der Waals surface area contributed by atoms with Crippen molar-refractivity contribution in [3.63, 3.8) is 0 Å². The largest absolute Gasteiger partial charge is 0.0616 e. The molecule has 82 valence electrons. The molecule has 1 aliphatic carbocycles. The van der Waals surface area contributed by atoms with Crippen LogP contribution in [-0.2, 0) is 0 Å². The number of allylic oxidation sites excluding steroid dienone is 2. The van der Waals surface area contributed by atoms with Gasteiger partial charge in [0.25, 0.3) is 0 Å². The third-order valence-corrected chi connectivity index (χ3v) is 3.44. The first-order valence-electron chi connectivity index (χ1n) is 5.58. The Kier molecular flexibility index (Phi) is 2.69. The minimum absolute atomic E-state index is 1.11. The lowest BCUT2D eigenvalue weighted by atomic mass is 10.0. The van der Waals surface area contributed by atoms with Crippen molar-refractivity contribution < 1.29 is 0 Å². The number of fused-ring (bicyclic) bond motifs is 1. The molecule has 17 heavy (non-hydrogen) atoms. The summed E-state index contributed by atoms with van der Waals surface area (Å²) in [4.78, 5) is 0. The van der Waals surface area contributed by atoms with Gasteiger partial charge in [-0.25, -0.2) is 0 Å². The summed E-state index contributed by atoms with van der Waals surface area (Å²) in [5, 5.41) is 0. The van der Waals surface area contributed by atoms with Crippen LogP contribution < -0.4 is 0 Å². The molecule has 2 aromatic carbocycles. The van der Waals surface area contributed by atoms with Gasteiger partial charge in [-0.3, -0.25) is 0 Å². The van der Waals surface area contributed by atoms with Crippen LogP contribution in [0.3, 0.4) is 0 Å². The molecule has 0 aromatic heterocycles. The molecule has 2 aromatic rings. The van der Waals surface area contributed by atoms with Gasteiger partial charge in [0.1, 0.15) is 0 Å². The molecular weight excluding hydrogens is 272 g/mol. The number of rotatable bonds is 1. The van der Waals surface area contributed by atoms with Crippen molar-refractivity contribution in [3.05, 3.63) is 75.8 Å². The highest BCUT2D eigenvalue weighted by molar-refractivity contribution is 9.10. The molecule has 0 unspecified atom stereocenters. The highest BCUT2D eigenvalue weighted by Crippen LogP contribution is 2.30. The highest BCUT2D eigenvalue weighted by atomic mass is 79.9. The topological polar surface area (TPSA) is 0 Å². The Hall–Kier alpha value is -1.60. The van der Waals surface area contributed by atoms with Gasteiger partial charge < -0.3 is 0 Å². The van der Waals surface area contributed by atoms with Gasteiger partial charge >= 0.3 is 0 Å². The van der Waals surface area contributed by atoms with E-state index >= 15 is 0 Å². The van der Waals surface area contributed by atoms with Crippen LogP contribution in [0, 0.1) is 0 Å². The minimum atomic E-state index is 1.11. The molecule has 1 aliphatic rings. The van der Waals surface area contributed by atoms with Gasteiger partial charge in [0.05, 0.1) is 0 Å². The van der Waals surface area contributed by atoms with Crippen molar-refractivity contribution in [2.75, 3.05) is 0 Å². The van der Waals surface area contributed by atoms with Crippen molar-refractivity contribution in [1.82, 2.24) is 0 Å². The second kappa shape index (κ2) is 4.34. The van der Waals surface area contributed by atoms with E-state index < -0.39 is 0 Å². The Morgan fingerprint density at radius 1 is 0.824 bits per heavy atom. The second-order valence-corrected chi connectivity index (χ2v) is 4.99. The lowest BCUT2D eigenvalue weighted by Gasteiger charge is -2.01. The highest BCUT2D eigenvalue weighted by Gasteiger charge is 2.08. The molecule has 0 heterocycles. The molecule has 3 rings (SSSR count). The van der Waals surface area contributed by atoms with Crippen molar-refractivity contribution in [2.24, 2.45) is 0 Å². The van der Waals surface area contributed by atoms with E-state index in [9.17, 15) is 0 Å². The minimum Gasteiger partial charge on any atom is -0.0616 e. The average Bonchev–Trinajstić information content (AvgIpc) is 2.76. The maximum absolute atomic E-state index is 3.45. The number of benzene rings is 2. The van der Waals surface area contributed by atoms with E-state index in [0.29, 0.717) is 0 Å².